The van der Waals surface area contributed by atoms with Crippen molar-refractivity contribution in [1.82, 2.24) is 19.6 Å². The zero-order valence-electron chi connectivity index (χ0n) is 20.6. The quantitative estimate of drug-likeness (QED) is 0.427. The van der Waals surface area contributed by atoms with Gasteiger partial charge in [0.05, 0.1) is 0 Å². The standard InChI is InChI=1S/C28H33FN4O3/c1-31(20-22-7-3-2-4-8-22)28(35)19-23-21-32(27(34)9-5-16-33-17-6-15-30-33)18-14-26(23)36-25-12-10-24(29)11-13-25/h2-4,6-8,10-13,15,17,23,26H,5,9,14,16,18-21H2,1H3/t23-,26-/m0/s1. The fraction of sp³-hybridized carbons (Fsp3) is 0.393. The summed E-state index contributed by atoms with van der Waals surface area (Å²) in [6.07, 6.45) is 5.39. The van der Waals surface area contributed by atoms with Crippen LogP contribution < -0.4 is 4.74 Å². The van der Waals surface area contributed by atoms with Gasteiger partial charge in [-0.15, -0.1) is 0 Å². The summed E-state index contributed by atoms with van der Waals surface area (Å²) >= 11 is 0. The maximum Gasteiger partial charge on any atom is 0.223 e. The van der Waals surface area contributed by atoms with E-state index in [1.165, 1.54) is 12.1 Å². The van der Waals surface area contributed by atoms with Gasteiger partial charge in [0.2, 0.25) is 11.8 Å². The molecule has 2 amide bonds. The van der Waals surface area contributed by atoms with Crippen LogP contribution in [-0.4, -0.2) is 57.6 Å². The lowest BCUT2D eigenvalue weighted by Gasteiger charge is -2.39. The topological polar surface area (TPSA) is 67.7 Å². The summed E-state index contributed by atoms with van der Waals surface area (Å²) in [6, 6.07) is 17.6. The number of carbonyl (C=O) groups is 2. The number of rotatable bonds is 10. The van der Waals surface area contributed by atoms with Crippen molar-refractivity contribution in [2.24, 2.45) is 5.92 Å². The molecule has 2 aromatic carbocycles. The second kappa shape index (κ2) is 12.3. The minimum atomic E-state index is -0.327. The highest BCUT2D eigenvalue weighted by atomic mass is 19.1. The van der Waals surface area contributed by atoms with Crippen molar-refractivity contribution in [1.29, 1.82) is 0 Å². The molecule has 4 rings (SSSR count). The molecule has 0 radical (unpaired) electrons. The number of amides is 2. The number of hydrogen-bond acceptors (Lipinski definition) is 4. The number of ether oxygens (including phenoxy) is 1. The van der Waals surface area contributed by atoms with E-state index >= 15 is 0 Å². The number of benzene rings is 2. The molecule has 0 N–H and O–H groups in total. The van der Waals surface area contributed by atoms with Crippen molar-refractivity contribution in [3.8, 4) is 5.75 Å². The van der Waals surface area contributed by atoms with Crippen LogP contribution in [0.5, 0.6) is 5.75 Å². The predicted molar refractivity (Wildman–Crippen MR) is 134 cm³/mol. The average Bonchev–Trinajstić information content (AvgIpc) is 3.40. The number of nitrogens with zero attached hydrogens (tertiary/aromatic N) is 4. The van der Waals surface area contributed by atoms with Crippen molar-refractivity contribution in [2.75, 3.05) is 20.1 Å². The molecule has 0 aliphatic carbocycles. The molecule has 1 saturated heterocycles. The number of aromatic nitrogens is 2. The number of piperidine rings is 1. The lowest BCUT2D eigenvalue weighted by Crippen LogP contribution is -2.49. The zero-order valence-corrected chi connectivity index (χ0v) is 20.6. The van der Waals surface area contributed by atoms with Crippen LogP contribution in [-0.2, 0) is 22.7 Å². The molecule has 2 atom stereocenters. The molecule has 0 bridgehead atoms. The van der Waals surface area contributed by atoms with Crippen molar-refractivity contribution < 1.29 is 18.7 Å². The van der Waals surface area contributed by atoms with Crippen molar-refractivity contribution in [3.05, 3.63) is 84.4 Å². The Balaban J connectivity index is 1.38. The number of hydrogen-bond donors (Lipinski definition) is 0. The highest BCUT2D eigenvalue weighted by molar-refractivity contribution is 5.78. The van der Waals surface area contributed by atoms with Crippen LogP contribution in [0.4, 0.5) is 4.39 Å². The number of carbonyl (C=O) groups excluding carboxylic acids is 2. The third-order valence-corrected chi connectivity index (χ3v) is 6.58. The van der Waals surface area contributed by atoms with Crippen LogP contribution in [0.2, 0.25) is 0 Å². The molecule has 190 valence electrons. The number of likely N-dealkylation sites (tertiary alicyclic amines) is 1. The summed E-state index contributed by atoms with van der Waals surface area (Å²) in [6.45, 7) is 2.23. The van der Waals surface area contributed by atoms with E-state index in [1.807, 2.05) is 52.2 Å². The van der Waals surface area contributed by atoms with E-state index < -0.39 is 0 Å². The van der Waals surface area contributed by atoms with Gasteiger partial charge in [0.25, 0.3) is 0 Å². The van der Waals surface area contributed by atoms with Gasteiger partial charge in [0, 0.05) is 70.8 Å². The van der Waals surface area contributed by atoms with Gasteiger partial charge in [-0.1, -0.05) is 30.3 Å². The van der Waals surface area contributed by atoms with E-state index in [1.54, 1.807) is 30.3 Å². The lowest BCUT2D eigenvalue weighted by molar-refractivity contribution is -0.139. The molecule has 1 aliphatic heterocycles. The molecule has 7 nitrogen and oxygen atoms in total. The minimum Gasteiger partial charge on any atom is -0.490 e. The molecule has 0 saturated carbocycles. The SMILES string of the molecule is CN(Cc1ccccc1)C(=O)C[C@H]1CN(C(=O)CCCn2cccn2)CC[C@@H]1Oc1ccc(F)cc1. The van der Waals surface area contributed by atoms with Crippen LogP contribution in [0.25, 0.3) is 0 Å². The fourth-order valence-electron chi connectivity index (χ4n) is 4.59. The summed E-state index contributed by atoms with van der Waals surface area (Å²) in [4.78, 5) is 29.7. The van der Waals surface area contributed by atoms with Crippen LogP contribution in [0.15, 0.2) is 73.1 Å². The Kier molecular flexibility index (Phi) is 8.71. The largest absolute Gasteiger partial charge is 0.490 e. The summed E-state index contributed by atoms with van der Waals surface area (Å²) < 4.78 is 21.4. The first-order valence-corrected chi connectivity index (χ1v) is 12.4. The first kappa shape index (κ1) is 25.4. The molecule has 1 fully saturated rings. The first-order valence-electron chi connectivity index (χ1n) is 12.4. The Morgan fingerprint density at radius 1 is 1.11 bits per heavy atom. The highest BCUT2D eigenvalue weighted by Gasteiger charge is 2.35. The first-order chi connectivity index (χ1) is 17.5. The predicted octanol–water partition coefficient (Wildman–Crippen LogP) is 4.15. The van der Waals surface area contributed by atoms with Gasteiger partial charge < -0.3 is 14.5 Å². The van der Waals surface area contributed by atoms with Gasteiger partial charge in [0.1, 0.15) is 17.7 Å². The van der Waals surface area contributed by atoms with E-state index in [4.69, 9.17) is 4.74 Å². The minimum absolute atomic E-state index is 0.00420. The van der Waals surface area contributed by atoms with E-state index in [-0.39, 0.29) is 36.1 Å². The summed E-state index contributed by atoms with van der Waals surface area (Å²) in [5.74, 6) is 0.161. The second-order valence-electron chi connectivity index (χ2n) is 9.31. The van der Waals surface area contributed by atoms with Crippen molar-refractivity contribution in [3.63, 3.8) is 0 Å². The maximum atomic E-state index is 13.4. The Hall–Kier alpha value is -3.68. The summed E-state index contributed by atoms with van der Waals surface area (Å²) in [5.41, 5.74) is 1.06. The second-order valence-corrected chi connectivity index (χ2v) is 9.31. The van der Waals surface area contributed by atoms with Crippen molar-refractivity contribution >= 4 is 11.8 Å². The van der Waals surface area contributed by atoms with Gasteiger partial charge in [-0.25, -0.2) is 4.39 Å². The molecule has 8 heteroatoms. The van der Waals surface area contributed by atoms with E-state index in [0.717, 1.165) is 5.56 Å². The van der Waals surface area contributed by atoms with E-state index in [0.29, 0.717) is 51.2 Å². The van der Waals surface area contributed by atoms with Crippen LogP contribution in [0, 0.1) is 11.7 Å². The highest BCUT2D eigenvalue weighted by Crippen LogP contribution is 2.27. The van der Waals surface area contributed by atoms with E-state index in [2.05, 4.69) is 5.10 Å². The maximum absolute atomic E-state index is 13.4. The lowest BCUT2D eigenvalue weighted by atomic mass is 9.90. The molecule has 0 spiro atoms. The Morgan fingerprint density at radius 2 is 1.89 bits per heavy atom. The molecule has 36 heavy (non-hydrogen) atoms. The van der Waals surface area contributed by atoms with Crippen LogP contribution in [0.1, 0.15) is 31.2 Å². The molecule has 0 unspecified atom stereocenters. The summed E-state index contributed by atoms with van der Waals surface area (Å²) in [5, 5.41) is 4.18. The Morgan fingerprint density at radius 3 is 2.61 bits per heavy atom. The molecule has 2 heterocycles. The normalized spacial score (nSPS) is 17.6. The van der Waals surface area contributed by atoms with Gasteiger partial charge in [-0.2, -0.15) is 5.10 Å². The van der Waals surface area contributed by atoms with Gasteiger partial charge >= 0.3 is 0 Å². The average molecular weight is 493 g/mol. The number of halogens is 1. The molecular weight excluding hydrogens is 459 g/mol. The van der Waals surface area contributed by atoms with Gasteiger partial charge in [0.15, 0.2) is 0 Å². The fourth-order valence-corrected chi connectivity index (χ4v) is 4.59. The molecular formula is C28H33FN4O3. The van der Waals surface area contributed by atoms with Gasteiger partial charge in [-0.3, -0.25) is 14.3 Å². The number of aryl methyl sites for hydroxylation is 1. The Labute approximate surface area is 211 Å². The molecule has 1 aromatic heterocycles. The zero-order chi connectivity index (χ0) is 25.3. The van der Waals surface area contributed by atoms with Crippen molar-refractivity contribution in [2.45, 2.75) is 44.9 Å². The van der Waals surface area contributed by atoms with Crippen LogP contribution >= 0.6 is 0 Å². The summed E-state index contributed by atoms with van der Waals surface area (Å²) in [7, 11) is 1.80. The van der Waals surface area contributed by atoms with Gasteiger partial charge in [-0.05, 0) is 42.3 Å². The molecule has 1 aliphatic rings. The third kappa shape index (κ3) is 7.16. The van der Waals surface area contributed by atoms with E-state index in [9.17, 15) is 14.0 Å². The monoisotopic (exact) mass is 492 g/mol. The smallest absolute Gasteiger partial charge is 0.223 e. The molecule has 3 aromatic rings. The van der Waals surface area contributed by atoms with Crippen LogP contribution in [0.3, 0.4) is 0 Å². The Bertz CT molecular complexity index is 1110. The third-order valence-electron chi connectivity index (χ3n) is 6.58.